The van der Waals surface area contributed by atoms with Gasteiger partial charge in [0.25, 0.3) is 0 Å². The Morgan fingerprint density at radius 1 is 1.43 bits per heavy atom. The molecule has 0 spiro atoms. The standard InChI is InChI=1S/C11H15NO2/c1-12-11(14)8-10(13)7-9-5-3-2-4-6-9/h2-6,10,13H,7-8H2,1H3,(H,12,14). The molecule has 14 heavy (non-hydrogen) atoms. The van der Waals surface area contributed by atoms with Crippen LogP contribution in [-0.2, 0) is 11.2 Å². The summed E-state index contributed by atoms with van der Waals surface area (Å²) in [5.41, 5.74) is 1.05. The maximum atomic E-state index is 10.9. The van der Waals surface area contributed by atoms with Crippen molar-refractivity contribution in [2.24, 2.45) is 0 Å². The summed E-state index contributed by atoms with van der Waals surface area (Å²) in [5, 5.41) is 12.0. The van der Waals surface area contributed by atoms with E-state index < -0.39 is 6.10 Å². The molecule has 1 aromatic rings. The van der Waals surface area contributed by atoms with Crippen LogP contribution in [0.3, 0.4) is 0 Å². The summed E-state index contributed by atoms with van der Waals surface area (Å²) in [6.45, 7) is 0. The van der Waals surface area contributed by atoms with Gasteiger partial charge in [0.1, 0.15) is 0 Å². The van der Waals surface area contributed by atoms with Crippen LogP contribution in [-0.4, -0.2) is 24.2 Å². The van der Waals surface area contributed by atoms with Crippen LogP contribution >= 0.6 is 0 Å². The molecule has 0 heterocycles. The first-order valence-corrected chi connectivity index (χ1v) is 4.65. The van der Waals surface area contributed by atoms with Gasteiger partial charge < -0.3 is 10.4 Å². The maximum Gasteiger partial charge on any atom is 0.222 e. The monoisotopic (exact) mass is 193 g/mol. The molecular weight excluding hydrogens is 178 g/mol. The zero-order valence-corrected chi connectivity index (χ0v) is 8.23. The Balaban J connectivity index is 2.41. The summed E-state index contributed by atoms with van der Waals surface area (Å²) in [4.78, 5) is 10.9. The van der Waals surface area contributed by atoms with E-state index in [0.717, 1.165) is 5.56 Å². The molecule has 1 amide bonds. The number of nitrogens with one attached hydrogen (secondary N) is 1. The Hall–Kier alpha value is -1.35. The molecule has 0 fully saturated rings. The van der Waals surface area contributed by atoms with Gasteiger partial charge in [0.05, 0.1) is 12.5 Å². The van der Waals surface area contributed by atoms with Crippen LogP contribution in [0.5, 0.6) is 0 Å². The van der Waals surface area contributed by atoms with Gasteiger partial charge in [-0.15, -0.1) is 0 Å². The van der Waals surface area contributed by atoms with Crippen molar-refractivity contribution in [3.05, 3.63) is 35.9 Å². The predicted octanol–water partition coefficient (Wildman–Crippen LogP) is 0.726. The minimum atomic E-state index is -0.600. The molecule has 1 atom stereocenters. The topological polar surface area (TPSA) is 49.3 Å². The lowest BCUT2D eigenvalue weighted by molar-refractivity contribution is -0.122. The molecule has 0 saturated carbocycles. The van der Waals surface area contributed by atoms with E-state index >= 15 is 0 Å². The highest BCUT2D eigenvalue weighted by Gasteiger charge is 2.09. The number of amides is 1. The molecule has 0 saturated heterocycles. The summed E-state index contributed by atoms with van der Waals surface area (Å²) in [5.74, 6) is -0.131. The highest BCUT2D eigenvalue weighted by Crippen LogP contribution is 2.05. The van der Waals surface area contributed by atoms with E-state index in [2.05, 4.69) is 5.32 Å². The summed E-state index contributed by atoms with van der Waals surface area (Å²) in [6.07, 6.45) is 0.0805. The fourth-order valence-corrected chi connectivity index (χ4v) is 1.27. The number of rotatable bonds is 4. The Labute approximate surface area is 83.8 Å². The lowest BCUT2D eigenvalue weighted by Gasteiger charge is -2.09. The summed E-state index contributed by atoms with van der Waals surface area (Å²) in [7, 11) is 1.57. The van der Waals surface area contributed by atoms with Gasteiger partial charge in [-0.1, -0.05) is 30.3 Å². The second-order valence-electron chi connectivity index (χ2n) is 3.22. The van der Waals surface area contributed by atoms with Crippen LogP contribution in [0, 0.1) is 0 Å². The Bertz CT molecular complexity index is 285. The minimum Gasteiger partial charge on any atom is -0.392 e. The van der Waals surface area contributed by atoms with Crippen molar-refractivity contribution in [1.82, 2.24) is 5.32 Å². The molecular formula is C11H15NO2. The third kappa shape index (κ3) is 3.58. The average Bonchev–Trinajstić information content (AvgIpc) is 2.19. The molecule has 3 nitrogen and oxygen atoms in total. The molecule has 76 valence electrons. The highest BCUT2D eigenvalue weighted by atomic mass is 16.3. The van der Waals surface area contributed by atoms with E-state index in [1.54, 1.807) is 7.05 Å². The number of hydrogen-bond donors (Lipinski definition) is 2. The molecule has 0 radical (unpaired) electrons. The maximum absolute atomic E-state index is 10.9. The molecule has 2 N–H and O–H groups in total. The van der Waals surface area contributed by atoms with Crippen molar-refractivity contribution in [3.8, 4) is 0 Å². The zero-order chi connectivity index (χ0) is 10.4. The molecule has 0 aromatic heterocycles. The molecule has 1 rings (SSSR count). The lowest BCUT2D eigenvalue weighted by Crippen LogP contribution is -2.24. The number of aliphatic hydroxyl groups is 1. The Morgan fingerprint density at radius 2 is 2.07 bits per heavy atom. The van der Waals surface area contributed by atoms with Gasteiger partial charge in [-0.2, -0.15) is 0 Å². The molecule has 0 aliphatic rings. The van der Waals surface area contributed by atoms with Gasteiger partial charge in [-0.25, -0.2) is 0 Å². The van der Waals surface area contributed by atoms with E-state index in [-0.39, 0.29) is 12.3 Å². The van der Waals surface area contributed by atoms with Gasteiger partial charge in [-0.3, -0.25) is 4.79 Å². The van der Waals surface area contributed by atoms with Crippen LogP contribution in [0.4, 0.5) is 0 Å². The minimum absolute atomic E-state index is 0.131. The number of benzene rings is 1. The van der Waals surface area contributed by atoms with Crippen LogP contribution in [0.25, 0.3) is 0 Å². The smallest absolute Gasteiger partial charge is 0.222 e. The van der Waals surface area contributed by atoms with E-state index in [0.29, 0.717) is 6.42 Å². The molecule has 0 aliphatic heterocycles. The number of hydrogen-bond acceptors (Lipinski definition) is 2. The zero-order valence-electron chi connectivity index (χ0n) is 8.23. The molecule has 0 aliphatic carbocycles. The van der Waals surface area contributed by atoms with E-state index in [9.17, 15) is 9.90 Å². The predicted molar refractivity (Wildman–Crippen MR) is 54.8 cm³/mol. The largest absolute Gasteiger partial charge is 0.392 e. The van der Waals surface area contributed by atoms with Crippen LogP contribution in [0.2, 0.25) is 0 Å². The van der Waals surface area contributed by atoms with Crippen molar-refractivity contribution in [1.29, 1.82) is 0 Å². The van der Waals surface area contributed by atoms with Crippen LogP contribution < -0.4 is 5.32 Å². The van der Waals surface area contributed by atoms with Gasteiger partial charge in [0, 0.05) is 7.05 Å². The van der Waals surface area contributed by atoms with Crippen molar-refractivity contribution in [2.45, 2.75) is 18.9 Å². The van der Waals surface area contributed by atoms with E-state index in [1.165, 1.54) is 0 Å². The van der Waals surface area contributed by atoms with Gasteiger partial charge in [0.2, 0.25) is 5.91 Å². The van der Waals surface area contributed by atoms with Crippen LogP contribution in [0.15, 0.2) is 30.3 Å². The molecule has 1 unspecified atom stereocenters. The van der Waals surface area contributed by atoms with Crippen molar-refractivity contribution >= 4 is 5.91 Å². The first-order valence-electron chi connectivity index (χ1n) is 4.65. The highest BCUT2D eigenvalue weighted by molar-refractivity contribution is 5.76. The second-order valence-corrected chi connectivity index (χ2v) is 3.22. The Kier molecular flexibility index (Phi) is 4.13. The SMILES string of the molecule is CNC(=O)CC(O)Cc1ccccc1. The van der Waals surface area contributed by atoms with Gasteiger partial charge in [0.15, 0.2) is 0 Å². The third-order valence-corrected chi connectivity index (χ3v) is 2.01. The quantitative estimate of drug-likeness (QED) is 0.740. The first-order chi connectivity index (χ1) is 6.72. The van der Waals surface area contributed by atoms with Crippen molar-refractivity contribution in [3.63, 3.8) is 0 Å². The van der Waals surface area contributed by atoms with E-state index in [1.807, 2.05) is 30.3 Å². The molecule has 1 aromatic carbocycles. The summed E-state index contributed by atoms with van der Waals surface area (Å²) < 4.78 is 0. The fourth-order valence-electron chi connectivity index (χ4n) is 1.27. The van der Waals surface area contributed by atoms with Gasteiger partial charge >= 0.3 is 0 Å². The second kappa shape index (κ2) is 5.40. The number of aliphatic hydroxyl groups excluding tert-OH is 1. The van der Waals surface area contributed by atoms with Crippen LogP contribution in [0.1, 0.15) is 12.0 Å². The third-order valence-electron chi connectivity index (χ3n) is 2.01. The summed E-state index contributed by atoms with van der Waals surface area (Å²) >= 11 is 0. The first kappa shape index (κ1) is 10.7. The molecule has 0 bridgehead atoms. The van der Waals surface area contributed by atoms with Crippen molar-refractivity contribution in [2.75, 3.05) is 7.05 Å². The lowest BCUT2D eigenvalue weighted by atomic mass is 10.1. The molecule has 3 heteroatoms. The van der Waals surface area contributed by atoms with Crippen molar-refractivity contribution < 1.29 is 9.90 Å². The van der Waals surface area contributed by atoms with Gasteiger partial charge in [-0.05, 0) is 12.0 Å². The van der Waals surface area contributed by atoms with E-state index in [4.69, 9.17) is 0 Å². The Morgan fingerprint density at radius 3 is 2.64 bits per heavy atom. The normalized spacial score (nSPS) is 12.1. The fraction of sp³-hybridized carbons (Fsp3) is 0.364. The number of carbonyl (C=O) groups excluding carboxylic acids is 1. The summed E-state index contributed by atoms with van der Waals surface area (Å²) in [6, 6.07) is 9.64. The number of carbonyl (C=O) groups is 1. The average molecular weight is 193 g/mol.